The van der Waals surface area contributed by atoms with Gasteiger partial charge in [-0.15, -0.1) is 11.3 Å². The Kier molecular flexibility index (Phi) is 49.8. The minimum Gasteiger partial charge on any atom is -0.456 e. The molecular formula is C56H100N4OS. The second kappa shape index (κ2) is 47.2. The van der Waals surface area contributed by atoms with Crippen molar-refractivity contribution in [3.8, 4) is 0 Å². The highest BCUT2D eigenvalue weighted by Gasteiger charge is 2.03. The van der Waals surface area contributed by atoms with Gasteiger partial charge in [-0.25, -0.2) is 0 Å². The summed E-state index contributed by atoms with van der Waals surface area (Å²) in [5, 5.41) is 5.14. The molecule has 6 aromatic rings. The fourth-order valence-electron chi connectivity index (χ4n) is 6.03. The van der Waals surface area contributed by atoms with Crippen molar-refractivity contribution >= 4 is 53.4 Å². The minimum atomic E-state index is 0.962. The number of fused-ring (bicyclic) bond motifs is 6. The second-order valence-corrected chi connectivity index (χ2v) is 13.8. The molecule has 4 aromatic carbocycles. The topological polar surface area (TPSA) is 26.1 Å². The summed E-state index contributed by atoms with van der Waals surface area (Å²) in [6, 6.07) is 33.3. The number of thiophene rings is 1. The van der Waals surface area contributed by atoms with Crippen LogP contribution in [0.3, 0.4) is 0 Å². The fourth-order valence-corrected chi connectivity index (χ4v) is 7.14. The molecule has 0 atom stereocenters. The average molecular weight is 878 g/mol. The molecule has 0 saturated carbocycles. The molecule has 6 heteroatoms. The summed E-state index contributed by atoms with van der Waals surface area (Å²) < 4.78 is 8.41. The lowest BCUT2D eigenvalue weighted by molar-refractivity contribution is 0.321. The lowest BCUT2D eigenvalue weighted by Crippen LogP contribution is -2.21. The number of hydrogen-bond acceptors (Lipinski definition) is 6. The van der Waals surface area contributed by atoms with Crippen LogP contribution >= 0.6 is 11.3 Å². The molecule has 6 rings (SSSR count). The van der Waals surface area contributed by atoms with Crippen LogP contribution in [-0.2, 0) is 0 Å². The van der Waals surface area contributed by atoms with Crippen molar-refractivity contribution in [2.75, 3.05) is 78.5 Å². The van der Waals surface area contributed by atoms with Crippen LogP contribution in [-0.4, -0.2) is 98.1 Å². The third-order valence-corrected chi connectivity index (χ3v) is 11.1. The Morgan fingerprint density at radius 3 is 0.694 bits per heavy atom. The van der Waals surface area contributed by atoms with Crippen LogP contribution in [0.15, 0.2) is 101 Å². The summed E-state index contributed by atoms with van der Waals surface area (Å²) >= 11 is 1.86. The maximum atomic E-state index is 5.65. The van der Waals surface area contributed by atoms with Crippen LogP contribution in [0.2, 0.25) is 0 Å². The second-order valence-electron chi connectivity index (χ2n) is 12.7. The highest BCUT2D eigenvalue weighted by molar-refractivity contribution is 7.25. The quantitative estimate of drug-likeness (QED) is 0.122. The van der Waals surface area contributed by atoms with Crippen LogP contribution in [0.1, 0.15) is 138 Å². The lowest BCUT2D eigenvalue weighted by atomic mass is 10.2. The van der Waals surface area contributed by atoms with E-state index in [9.17, 15) is 0 Å². The smallest absolute Gasteiger partial charge is 0.135 e. The van der Waals surface area contributed by atoms with Crippen molar-refractivity contribution in [3.05, 3.63) is 97.1 Å². The van der Waals surface area contributed by atoms with Crippen LogP contribution in [0.4, 0.5) is 0 Å². The lowest BCUT2D eigenvalue weighted by Gasteiger charge is -2.13. The van der Waals surface area contributed by atoms with Gasteiger partial charge in [-0.1, -0.05) is 211 Å². The maximum Gasteiger partial charge on any atom is 0.135 e. The van der Waals surface area contributed by atoms with Gasteiger partial charge in [0.25, 0.3) is 0 Å². The first kappa shape index (κ1) is 65.4. The molecule has 0 spiro atoms. The molecular weight excluding hydrogens is 777 g/mol. The summed E-state index contributed by atoms with van der Waals surface area (Å²) in [4.78, 5) is 9.50. The summed E-state index contributed by atoms with van der Waals surface area (Å²) in [7, 11) is 0. The molecule has 62 heavy (non-hydrogen) atoms. The number of para-hydroxylation sites is 2. The Balaban J connectivity index is -0.000000323. The van der Waals surface area contributed by atoms with Gasteiger partial charge in [0.15, 0.2) is 0 Å². The molecule has 0 saturated heterocycles. The first-order valence-electron chi connectivity index (χ1n) is 24.9. The molecule has 0 fully saturated rings. The standard InChI is InChI=1S/C12H8O.C12H8S.4C6H15N.4C2H6/c2*1-3-7-11-9(5-1)10-6-2-4-8-12(10)13-11;4*1-4-7(5-2)6-3;4*1-2/h2*1-8H;4*4-6H2,1-3H3;4*1-2H3. The Morgan fingerprint density at radius 1 is 0.290 bits per heavy atom. The molecule has 0 N–H and O–H groups in total. The normalized spacial score (nSPS) is 9.68. The maximum absolute atomic E-state index is 5.65. The zero-order valence-corrected chi connectivity index (χ0v) is 45.1. The highest BCUT2D eigenvalue weighted by Crippen LogP contribution is 2.33. The van der Waals surface area contributed by atoms with Gasteiger partial charge < -0.3 is 24.0 Å². The molecule has 0 aliphatic heterocycles. The van der Waals surface area contributed by atoms with Crippen molar-refractivity contribution in [2.45, 2.75) is 138 Å². The van der Waals surface area contributed by atoms with Gasteiger partial charge in [0, 0.05) is 30.9 Å². The van der Waals surface area contributed by atoms with E-state index in [0.717, 1.165) is 11.2 Å². The van der Waals surface area contributed by atoms with Gasteiger partial charge in [0.05, 0.1) is 0 Å². The molecule has 0 radical (unpaired) electrons. The van der Waals surface area contributed by atoms with Crippen LogP contribution < -0.4 is 0 Å². The summed E-state index contributed by atoms with van der Waals surface area (Å²) in [6.07, 6.45) is 0. The molecule has 0 amide bonds. The first-order valence-corrected chi connectivity index (χ1v) is 25.7. The number of hydrogen-bond donors (Lipinski definition) is 0. The van der Waals surface area contributed by atoms with Crippen molar-refractivity contribution in [2.24, 2.45) is 0 Å². The molecule has 0 unspecified atom stereocenters. The van der Waals surface area contributed by atoms with E-state index in [1.165, 1.54) is 109 Å². The number of rotatable bonds is 12. The van der Waals surface area contributed by atoms with Crippen molar-refractivity contribution in [3.63, 3.8) is 0 Å². The summed E-state index contributed by atoms with van der Waals surface area (Å²) in [6.45, 7) is 56.5. The van der Waals surface area contributed by atoms with Gasteiger partial charge in [0.1, 0.15) is 11.2 Å². The van der Waals surface area contributed by atoms with E-state index in [1.54, 1.807) is 0 Å². The Morgan fingerprint density at radius 2 is 0.484 bits per heavy atom. The van der Waals surface area contributed by atoms with E-state index in [1.807, 2.05) is 103 Å². The zero-order valence-electron chi connectivity index (χ0n) is 44.3. The molecule has 2 heterocycles. The predicted molar refractivity (Wildman–Crippen MR) is 292 cm³/mol. The number of benzene rings is 4. The van der Waals surface area contributed by atoms with Gasteiger partial charge in [-0.3, -0.25) is 0 Å². The minimum absolute atomic E-state index is 0.962. The third-order valence-electron chi connectivity index (χ3n) is 9.93. The van der Waals surface area contributed by atoms with E-state index < -0.39 is 0 Å². The Bertz CT molecular complexity index is 1470. The van der Waals surface area contributed by atoms with E-state index in [-0.39, 0.29) is 0 Å². The molecule has 2 aromatic heterocycles. The molecule has 0 aliphatic rings. The van der Waals surface area contributed by atoms with Crippen molar-refractivity contribution in [1.29, 1.82) is 0 Å². The van der Waals surface area contributed by atoms with Gasteiger partial charge >= 0.3 is 0 Å². The Hall–Kier alpha value is -3.26. The SMILES string of the molecule is CC.CC.CC.CC.CCN(CC)CC.CCN(CC)CC.CCN(CC)CC.CCN(CC)CC.c1ccc2c(c1)oc1ccccc12.c1ccc2c(c1)sc1ccccc12. The monoisotopic (exact) mass is 877 g/mol. The number of furan rings is 1. The van der Waals surface area contributed by atoms with Gasteiger partial charge in [-0.2, -0.15) is 0 Å². The largest absolute Gasteiger partial charge is 0.456 e. The fraction of sp³-hybridized carbons (Fsp3) is 0.571. The summed E-state index contributed by atoms with van der Waals surface area (Å²) in [5.41, 5.74) is 1.92. The van der Waals surface area contributed by atoms with Crippen molar-refractivity contribution < 1.29 is 4.42 Å². The highest BCUT2D eigenvalue weighted by atomic mass is 32.1. The first-order chi connectivity index (χ1) is 30.3. The van der Waals surface area contributed by atoms with Crippen LogP contribution in [0.25, 0.3) is 42.1 Å². The summed E-state index contributed by atoms with van der Waals surface area (Å²) in [5.74, 6) is 0. The molecule has 0 aliphatic carbocycles. The van der Waals surface area contributed by atoms with Crippen LogP contribution in [0, 0.1) is 0 Å². The Labute approximate surface area is 389 Å². The van der Waals surface area contributed by atoms with E-state index in [2.05, 4.69) is 163 Å². The molecule has 356 valence electrons. The van der Waals surface area contributed by atoms with Crippen LogP contribution in [0.5, 0.6) is 0 Å². The number of nitrogens with zero attached hydrogens (tertiary/aromatic N) is 4. The predicted octanol–water partition coefficient (Wildman–Crippen LogP) is 17.1. The zero-order chi connectivity index (χ0) is 48.1. The van der Waals surface area contributed by atoms with E-state index in [0.29, 0.717) is 0 Å². The van der Waals surface area contributed by atoms with E-state index >= 15 is 0 Å². The molecule has 5 nitrogen and oxygen atoms in total. The average Bonchev–Trinajstić information content (AvgIpc) is 3.94. The van der Waals surface area contributed by atoms with Gasteiger partial charge in [0.2, 0.25) is 0 Å². The van der Waals surface area contributed by atoms with Crippen molar-refractivity contribution in [1.82, 2.24) is 19.6 Å². The molecule has 0 bridgehead atoms. The van der Waals surface area contributed by atoms with Gasteiger partial charge in [-0.05, 0) is 103 Å². The third kappa shape index (κ3) is 27.0. The van der Waals surface area contributed by atoms with E-state index in [4.69, 9.17) is 4.42 Å².